The molecule has 2 rings (SSSR count). The van der Waals surface area contributed by atoms with Crippen molar-refractivity contribution in [2.24, 2.45) is 0 Å². The Morgan fingerprint density at radius 2 is 2.31 bits per heavy atom. The molecule has 0 aromatic heterocycles. The van der Waals surface area contributed by atoms with Crippen LogP contribution in [0.2, 0.25) is 0 Å². The fraction of sp³-hybridized carbons (Fsp3) is 0.400. The minimum Gasteiger partial charge on any atom is -0.506 e. The van der Waals surface area contributed by atoms with Gasteiger partial charge in [0.15, 0.2) is 0 Å². The van der Waals surface area contributed by atoms with E-state index in [4.69, 9.17) is 0 Å². The van der Waals surface area contributed by atoms with Gasteiger partial charge in [-0.25, -0.2) is 0 Å². The van der Waals surface area contributed by atoms with Gasteiger partial charge in [-0.15, -0.1) is 11.8 Å². The van der Waals surface area contributed by atoms with Crippen LogP contribution in [0.1, 0.15) is 18.0 Å². The summed E-state index contributed by atoms with van der Waals surface area (Å²) in [4.78, 5) is 0.964. The number of aromatic hydroxyl groups is 1. The molecule has 13 heavy (non-hydrogen) atoms. The molecule has 1 heterocycles. The molecule has 0 bridgehead atoms. The number of benzene rings is 1. The first-order valence-corrected chi connectivity index (χ1v) is 5.64. The Morgan fingerprint density at radius 3 is 2.85 bits per heavy atom. The lowest BCUT2D eigenvalue weighted by Gasteiger charge is -2.28. The van der Waals surface area contributed by atoms with Crippen LogP contribution in [0.15, 0.2) is 23.1 Å². The maximum absolute atomic E-state index is 9.86. The Morgan fingerprint density at radius 1 is 1.54 bits per heavy atom. The predicted molar refractivity (Wildman–Crippen MR) is 55.2 cm³/mol. The van der Waals surface area contributed by atoms with Crippen molar-refractivity contribution in [2.45, 2.75) is 17.4 Å². The topological polar surface area (TPSA) is 32.3 Å². The van der Waals surface area contributed by atoms with Crippen LogP contribution in [0, 0.1) is 0 Å². The molecule has 1 fully saturated rings. The Labute approximate surface area is 82.4 Å². The first-order valence-electron chi connectivity index (χ1n) is 4.42. The number of rotatable bonds is 2. The summed E-state index contributed by atoms with van der Waals surface area (Å²) in [5, 5.41) is 13.1. The molecule has 2 nitrogen and oxygen atoms in total. The Bertz CT molecular complexity index is 310. The lowest BCUT2D eigenvalue weighted by atomic mass is 9.97. The second-order valence-corrected chi connectivity index (χ2v) is 4.04. The van der Waals surface area contributed by atoms with Crippen LogP contribution in [0.4, 0.5) is 0 Å². The van der Waals surface area contributed by atoms with E-state index in [1.54, 1.807) is 11.8 Å². The predicted octanol–water partition coefficient (Wildman–Crippen LogP) is 2.15. The van der Waals surface area contributed by atoms with Crippen LogP contribution in [-0.4, -0.2) is 17.9 Å². The van der Waals surface area contributed by atoms with Crippen molar-refractivity contribution < 1.29 is 5.11 Å². The summed E-state index contributed by atoms with van der Waals surface area (Å²) in [7, 11) is 0. The Kier molecular flexibility index (Phi) is 2.47. The number of hydrogen-bond acceptors (Lipinski definition) is 3. The largest absolute Gasteiger partial charge is 0.506 e. The van der Waals surface area contributed by atoms with Crippen molar-refractivity contribution in [3.8, 4) is 5.75 Å². The number of hydrogen-bond donors (Lipinski definition) is 2. The molecule has 70 valence electrons. The maximum atomic E-state index is 9.86. The van der Waals surface area contributed by atoms with E-state index in [2.05, 4.69) is 5.32 Å². The van der Waals surface area contributed by atoms with E-state index in [9.17, 15) is 5.11 Å². The van der Waals surface area contributed by atoms with Gasteiger partial charge in [0, 0.05) is 16.5 Å². The van der Waals surface area contributed by atoms with Gasteiger partial charge in [0.05, 0.1) is 0 Å². The van der Waals surface area contributed by atoms with E-state index in [0.717, 1.165) is 23.4 Å². The van der Waals surface area contributed by atoms with Crippen LogP contribution in [0.25, 0.3) is 0 Å². The van der Waals surface area contributed by atoms with Crippen molar-refractivity contribution >= 4 is 11.8 Å². The number of para-hydroxylation sites is 1. The van der Waals surface area contributed by atoms with Crippen molar-refractivity contribution in [1.82, 2.24) is 5.32 Å². The van der Waals surface area contributed by atoms with E-state index in [1.165, 1.54) is 0 Å². The summed E-state index contributed by atoms with van der Waals surface area (Å²) in [5.41, 5.74) is 1.04. The smallest absolute Gasteiger partial charge is 0.133 e. The fourth-order valence-corrected chi connectivity index (χ4v) is 2.07. The third-order valence-corrected chi connectivity index (χ3v) is 3.22. The summed E-state index contributed by atoms with van der Waals surface area (Å²) in [5.74, 6) is 0.451. The molecule has 3 heteroatoms. The fourth-order valence-electron chi connectivity index (χ4n) is 1.54. The molecule has 1 atom stereocenters. The molecule has 0 aliphatic carbocycles. The van der Waals surface area contributed by atoms with Gasteiger partial charge in [0.1, 0.15) is 5.75 Å². The average molecular weight is 195 g/mol. The highest BCUT2D eigenvalue weighted by molar-refractivity contribution is 7.98. The average Bonchev–Trinajstić information content (AvgIpc) is 2.05. The normalized spacial score (nSPS) is 21.2. The highest BCUT2D eigenvalue weighted by Crippen LogP contribution is 2.36. The minimum atomic E-state index is 0.368. The van der Waals surface area contributed by atoms with Crippen LogP contribution in [-0.2, 0) is 0 Å². The van der Waals surface area contributed by atoms with Gasteiger partial charge in [-0.2, -0.15) is 0 Å². The molecular formula is C10H13NOS. The van der Waals surface area contributed by atoms with Crippen LogP contribution in [0.5, 0.6) is 5.75 Å². The molecule has 1 aliphatic rings. The number of thioether (sulfide) groups is 1. The number of phenols is 1. The van der Waals surface area contributed by atoms with Crippen molar-refractivity contribution in [1.29, 1.82) is 0 Å². The molecular weight excluding hydrogens is 182 g/mol. The molecule has 1 saturated heterocycles. The second kappa shape index (κ2) is 3.60. The van der Waals surface area contributed by atoms with Gasteiger partial charge >= 0.3 is 0 Å². The van der Waals surface area contributed by atoms with Gasteiger partial charge in [0.25, 0.3) is 0 Å². The number of nitrogens with one attached hydrogen (secondary N) is 1. The van der Waals surface area contributed by atoms with E-state index >= 15 is 0 Å². The maximum Gasteiger partial charge on any atom is 0.133 e. The van der Waals surface area contributed by atoms with E-state index < -0.39 is 0 Å². The molecule has 2 N–H and O–H groups in total. The standard InChI is InChI=1S/C10H13NOS/c1-13-9-4-2-3-7(10(9)12)8-5-6-11-8/h2-4,8,11-12H,5-6H2,1H3/t8-/m1/s1. The molecule has 1 aromatic carbocycles. The quantitative estimate of drug-likeness (QED) is 0.709. The zero-order chi connectivity index (χ0) is 9.26. The third kappa shape index (κ3) is 1.54. The van der Waals surface area contributed by atoms with Crippen molar-refractivity contribution in [2.75, 3.05) is 12.8 Å². The monoisotopic (exact) mass is 195 g/mol. The Hall–Kier alpha value is -0.670. The zero-order valence-corrected chi connectivity index (χ0v) is 8.40. The zero-order valence-electron chi connectivity index (χ0n) is 7.58. The first kappa shape index (κ1) is 8.91. The van der Waals surface area contributed by atoms with E-state index in [1.807, 2.05) is 24.5 Å². The minimum absolute atomic E-state index is 0.368. The van der Waals surface area contributed by atoms with Crippen LogP contribution >= 0.6 is 11.8 Å². The van der Waals surface area contributed by atoms with Gasteiger partial charge in [0.2, 0.25) is 0 Å². The van der Waals surface area contributed by atoms with Crippen LogP contribution < -0.4 is 5.32 Å². The molecule has 0 spiro atoms. The second-order valence-electron chi connectivity index (χ2n) is 3.19. The van der Waals surface area contributed by atoms with Gasteiger partial charge in [-0.3, -0.25) is 0 Å². The van der Waals surface area contributed by atoms with Crippen LogP contribution in [0.3, 0.4) is 0 Å². The lowest BCUT2D eigenvalue weighted by Crippen LogP contribution is -2.34. The molecule has 0 amide bonds. The summed E-state index contributed by atoms with van der Waals surface area (Å²) in [6.07, 6.45) is 3.11. The van der Waals surface area contributed by atoms with E-state index in [0.29, 0.717) is 11.8 Å². The van der Waals surface area contributed by atoms with Gasteiger partial charge in [-0.1, -0.05) is 12.1 Å². The summed E-state index contributed by atoms with van der Waals surface area (Å²) in [6.45, 7) is 1.06. The van der Waals surface area contributed by atoms with Crippen molar-refractivity contribution in [3.63, 3.8) is 0 Å². The lowest BCUT2D eigenvalue weighted by molar-refractivity contribution is 0.361. The molecule has 0 radical (unpaired) electrons. The van der Waals surface area contributed by atoms with E-state index in [-0.39, 0.29) is 0 Å². The SMILES string of the molecule is CSc1cccc([C@H]2CCN2)c1O. The summed E-state index contributed by atoms with van der Waals surface area (Å²) >= 11 is 1.58. The molecule has 1 aromatic rings. The molecule has 0 unspecified atom stereocenters. The Balaban J connectivity index is 2.33. The highest BCUT2D eigenvalue weighted by Gasteiger charge is 2.22. The summed E-state index contributed by atoms with van der Waals surface area (Å²) in [6, 6.07) is 6.31. The number of phenolic OH excluding ortho intramolecular Hbond substituents is 1. The molecule has 0 saturated carbocycles. The molecule has 1 aliphatic heterocycles. The first-order chi connectivity index (χ1) is 6.33. The summed E-state index contributed by atoms with van der Waals surface area (Å²) < 4.78 is 0. The van der Waals surface area contributed by atoms with Crippen molar-refractivity contribution in [3.05, 3.63) is 23.8 Å². The van der Waals surface area contributed by atoms with Gasteiger partial charge in [-0.05, 0) is 25.3 Å². The highest BCUT2D eigenvalue weighted by atomic mass is 32.2. The third-order valence-electron chi connectivity index (χ3n) is 2.45. The van der Waals surface area contributed by atoms with Gasteiger partial charge < -0.3 is 10.4 Å².